The van der Waals surface area contributed by atoms with E-state index in [1.54, 1.807) is 0 Å². The molecule has 0 amide bonds. The quantitative estimate of drug-likeness (QED) is 0.378. The molecule has 0 spiro atoms. The van der Waals surface area contributed by atoms with Crippen LogP contribution in [0.25, 0.3) is 0 Å². The lowest BCUT2D eigenvalue weighted by molar-refractivity contribution is 0.339. The average molecular weight is 618 g/mol. The minimum Gasteiger partial charge on any atom is -0.391 e. The van der Waals surface area contributed by atoms with Gasteiger partial charge in [-0.15, -0.1) is 0 Å². The van der Waals surface area contributed by atoms with Crippen LogP contribution in [0.15, 0.2) is 14.3 Å². The van der Waals surface area contributed by atoms with Crippen LogP contribution < -0.4 is 0 Å². The van der Waals surface area contributed by atoms with Gasteiger partial charge in [-0.1, -0.05) is 0 Å². The summed E-state index contributed by atoms with van der Waals surface area (Å²) in [6.07, 6.45) is 0. The topological polar surface area (TPSA) is 40.5 Å². The van der Waals surface area contributed by atoms with Crippen molar-refractivity contribution in [1.82, 2.24) is 0 Å². The third-order valence-corrected chi connectivity index (χ3v) is 8.18. The fourth-order valence-electron chi connectivity index (χ4n) is 0.377. The van der Waals surface area contributed by atoms with Crippen molar-refractivity contribution in [2.75, 3.05) is 13.2 Å². The van der Waals surface area contributed by atoms with Crippen LogP contribution in [0.2, 0.25) is 0 Å². The van der Waals surface area contributed by atoms with Gasteiger partial charge in [0.25, 0.3) is 0 Å². The van der Waals surface area contributed by atoms with Crippen LogP contribution in [-0.4, -0.2) is 23.4 Å². The van der Waals surface area contributed by atoms with Gasteiger partial charge in [-0.05, 0) is 90.4 Å². The highest BCUT2D eigenvalue weighted by Crippen LogP contribution is 2.34. The fraction of sp³-hybridized carbons (Fsp3) is 0.333. The molecule has 0 saturated carbocycles. The molecule has 0 aliphatic carbocycles. The summed E-state index contributed by atoms with van der Waals surface area (Å²) < 4.78 is 3.82. The number of rotatable bonds is 3. The number of aliphatic hydroxyl groups is 2. The van der Waals surface area contributed by atoms with E-state index < -0.39 is 0 Å². The molecule has 70 valence electrons. The number of aliphatic hydroxyl groups excluding tert-OH is 2. The standard InChI is InChI=1S/C6H6I4O2/c7-3(1-11)5(9)6(10)4(8)2-12/h11-12H,1-2H2. The Morgan fingerprint density at radius 2 is 1.00 bits per heavy atom. The average Bonchev–Trinajstić information content (AvgIpc) is 2.12. The van der Waals surface area contributed by atoms with Crippen molar-refractivity contribution in [3.05, 3.63) is 14.3 Å². The SMILES string of the molecule is OCC(I)=C(I)C(I)=C(I)CO. The maximum absolute atomic E-state index is 8.85. The summed E-state index contributed by atoms with van der Waals surface area (Å²) in [7, 11) is 0. The molecule has 0 aliphatic heterocycles. The van der Waals surface area contributed by atoms with Crippen molar-refractivity contribution in [3.63, 3.8) is 0 Å². The Morgan fingerprint density at radius 1 is 0.750 bits per heavy atom. The van der Waals surface area contributed by atoms with E-state index in [2.05, 4.69) is 90.4 Å². The van der Waals surface area contributed by atoms with Gasteiger partial charge in [0.2, 0.25) is 0 Å². The van der Waals surface area contributed by atoms with Gasteiger partial charge >= 0.3 is 0 Å². The first-order chi connectivity index (χ1) is 5.54. The predicted octanol–water partition coefficient (Wildman–Crippen LogP) is 3.13. The summed E-state index contributed by atoms with van der Waals surface area (Å²) >= 11 is 8.52. The third-order valence-electron chi connectivity index (χ3n) is 0.947. The zero-order chi connectivity index (χ0) is 9.72. The van der Waals surface area contributed by atoms with Crippen LogP contribution in [0.1, 0.15) is 0 Å². The summed E-state index contributed by atoms with van der Waals surface area (Å²) in [5.74, 6) is 0. The van der Waals surface area contributed by atoms with Crippen molar-refractivity contribution >= 4 is 90.4 Å². The minimum atomic E-state index is 0.0562. The second kappa shape index (κ2) is 7.59. The monoisotopic (exact) mass is 618 g/mol. The Bertz CT molecular complexity index is 198. The summed E-state index contributed by atoms with van der Waals surface area (Å²) in [6, 6.07) is 0. The molecule has 0 atom stereocenters. The van der Waals surface area contributed by atoms with E-state index in [1.807, 2.05) is 0 Å². The lowest BCUT2D eigenvalue weighted by Gasteiger charge is -2.03. The van der Waals surface area contributed by atoms with Crippen molar-refractivity contribution in [1.29, 1.82) is 0 Å². The minimum absolute atomic E-state index is 0.0562. The Labute approximate surface area is 126 Å². The summed E-state index contributed by atoms with van der Waals surface area (Å²) in [4.78, 5) is 0. The van der Waals surface area contributed by atoms with E-state index >= 15 is 0 Å². The molecule has 0 saturated heterocycles. The third kappa shape index (κ3) is 4.70. The molecular formula is C6H6I4O2. The van der Waals surface area contributed by atoms with Gasteiger partial charge in [0.1, 0.15) is 0 Å². The highest BCUT2D eigenvalue weighted by Gasteiger charge is 2.07. The van der Waals surface area contributed by atoms with Crippen molar-refractivity contribution in [2.24, 2.45) is 0 Å². The zero-order valence-corrected chi connectivity index (χ0v) is 14.5. The molecule has 0 aliphatic rings. The molecule has 0 aromatic carbocycles. The van der Waals surface area contributed by atoms with Gasteiger partial charge in [0.05, 0.1) is 13.2 Å². The molecule has 12 heavy (non-hydrogen) atoms. The Kier molecular flexibility index (Phi) is 9.06. The highest BCUT2D eigenvalue weighted by molar-refractivity contribution is 14.1. The Balaban J connectivity index is 4.82. The van der Waals surface area contributed by atoms with Crippen LogP contribution in [0.5, 0.6) is 0 Å². The van der Waals surface area contributed by atoms with Crippen LogP contribution >= 0.6 is 90.4 Å². The first-order valence-electron chi connectivity index (χ1n) is 2.85. The van der Waals surface area contributed by atoms with Crippen LogP contribution in [0, 0.1) is 0 Å². The number of hydrogen-bond acceptors (Lipinski definition) is 2. The summed E-state index contributed by atoms with van der Waals surface area (Å²) in [5.41, 5.74) is 0. The first kappa shape index (κ1) is 14.3. The maximum Gasteiger partial charge on any atom is 0.0749 e. The second-order valence-corrected chi connectivity index (χ2v) is 6.52. The number of halogens is 4. The van der Waals surface area contributed by atoms with Gasteiger partial charge in [-0.3, -0.25) is 0 Å². The van der Waals surface area contributed by atoms with Crippen molar-refractivity contribution in [3.8, 4) is 0 Å². The van der Waals surface area contributed by atoms with E-state index in [-0.39, 0.29) is 13.2 Å². The molecule has 0 heterocycles. The molecular weight excluding hydrogens is 612 g/mol. The fourth-order valence-corrected chi connectivity index (χ4v) is 2.94. The Hall–Kier alpha value is 2.32. The molecule has 2 nitrogen and oxygen atoms in total. The van der Waals surface area contributed by atoms with Crippen LogP contribution in [0.4, 0.5) is 0 Å². The van der Waals surface area contributed by atoms with E-state index in [0.29, 0.717) is 0 Å². The molecule has 0 bridgehead atoms. The molecule has 0 aromatic rings. The van der Waals surface area contributed by atoms with Crippen LogP contribution in [0.3, 0.4) is 0 Å². The van der Waals surface area contributed by atoms with Gasteiger partial charge in [-0.25, -0.2) is 0 Å². The summed E-state index contributed by atoms with van der Waals surface area (Å²) in [5, 5.41) is 17.7. The van der Waals surface area contributed by atoms with Gasteiger partial charge < -0.3 is 10.2 Å². The maximum atomic E-state index is 8.85. The lowest BCUT2D eigenvalue weighted by atomic mass is 10.4. The van der Waals surface area contributed by atoms with E-state index in [0.717, 1.165) is 14.3 Å². The molecule has 0 aromatic heterocycles. The summed E-state index contributed by atoms with van der Waals surface area (Å²) in [6.45, 7) is 0.112. The molecule has 0 unspecified atom stereocenters. The van der Waals surface area contributed by atoms with Crippen molar-refractivity contribution in [2.45, 2.75) is 0 Å². The molecule has 0 rings (SSSR count). The van der Waals surface area contributed by atoms with E-state index in [9.17, 15) is 0 Å². The lowest BCUT2D eigenvalue weighted by Crippen LogP contribution is -1.89. The first-order valence-corrected chi connectivity index (χ1v) is 7.16. The smallest absolute Gasteiger partial charge is 0.0749 e. The largest absolute Gasteiger partial charge is 0.391 e. The molecule has 0 fully saturated rings. The molecule has 2 N–H and O–H groups in total. The zero-order valence-electron chi connectivity index (χ0n) is 5.82. The van der Waals surface area contributed by atoms with Gasteiger partial charge in [0.15, 0.2) is 0 Å². The molecule has 0 radical (unpaired) electrons. The number of allylic oxidation sites excluding steroid dienone is 2. The van der Waals surface area contributed by atoms with E-state index in [4.69, 9.17) is 10.2 Å². The van der Waals surface area contributed by atoms with Crippen LogP contribution in [-0.2, 0) is 0 Å². The Morgan fingerprint density at radius 3 is 1.17 bits per heavy atom. The van der Waals surface area contributed by atoms with E-state index in [1.165, 1.54) is 0 Å². The molecule has 6 heteroatoms. The predicted molar refractivity (Wildman–Crippen MR) is 84.3 cm³/mol. The highest BCUT2D eigenvalue weighted by atomic mass is 127. The second-order valence-electron chi connectivity index (χ2n) is 1.75. The van der Waals surface area contributed by atoms with Gasteiger partial charge in [-0.2, -0.15) is 0 Å². The van der Waals surface area contributed by atoms with Crippen molar-refractivity contribution < 1.29 is 10.2 Å². The normalized spacial score (nSPS) is 15.5. The van der Waals surface area contributed by atoms with Gasteiger partial charge in [0, 0.05) is 14.3 Å². The number of hydrogen-bond donors (Lipinski definition) is 2.